The Labute approximate surface area is 72.4 Å². The fraction of sp³-hybridized carbons (Fsp3) is 0.875. The maximum absolute atomic E-state index is 11.1. The summed E-state index contributed by atoms with van der Waals surface area (Å²) in [6, 6.07) is 0. The van der Waals surface area contributed by atoms with Gasteiger partial charge in [0.05, 0.1) is 0 Å². The molecule has 0 aromatic rings. The van der Waals surface area contributed by atoms with Crippen molar-refractivity contribution in [3.8, 4) is 0 Å². The van der Waals surface area contributed by atoms with Gasteiger partial charge in [-0.15, -0.1) is 0 Å². The Morgan fingerprint density at radius 3 is 2.33 bits per heavy atom. The van der Waals surface area contributed by atoms with Gasteiger partial charge in [0.2, 0.25) is 0 Å². The second kappa shape index (κ2) is 7.21. The lowest BCUT2D eigenvalue weighted by Crippen LogP contribution is -2.16. The van der Waals surface area contributed by atoms with Gasteiger partial charge in [-0.3, -0.25) is 4.79 Å². The molecule has 4 heteroatoms. The number of hydrogen-bond donors (Lipinski definition) is 3. The van der Waals surface area contributed by atoms with Gasteiger partial charge in [-0.1, -0.05) is 0 Å². The fourth-order valence-corrected chi connectivity index (χ4v) is 0.910. The van der Waals surface area contributed by atoms with Crippen LogP contribution in [0, 0.1) is 5.92 Å². The Kier molecular flexibility index (Phi) is 6.94. The van der Waals surface area contributed by atoms with Gasteiger partial charge < -0.3 is 15.9 Å². The minimum atomic E-state index is -0.296. The molecule has 0 heterocycles. The van der Waals surface area contributed by atoms with E-state index < -0.39 is 0 Å². The van der Waals surface area contributed by atoms with E-state index in [2.05, 4.69) is 0 Å². The maximum Gasteiger partial charge on any atom is 0.133 e. The number of hydrogen-bond acceptors (Lipinski definition) is 4. The quantitative estimate of drug-likeness (QED) is 0.477. The van der Waals surface area contributed by atoms with Crippen molar-refractivity contribution in [2.75, 3.05) is 19.8 Å². The Bertz CT molecular complexity index is 123. The summed E-state index contributed by atoms with van der Waals surface area (Å²) in [5, 5.41) is 17.3. The molecule has 0 aliphatic carbocycles. The third-order valence-electron chi connectivity index (χ3n) is 1.69. The molecule has 0 spiro atoms. The van der Waals surface area contributed by atoms with Gasteiger partial charge in [0.1, 0.15) is 5.78 Å². The van der Waals surface area contributed by atoms with Gasteiger partial charge in [-0.25, -0.2) is 0 Å². The summed E-state index contributed by atoms with van der Waals surface area (Å²) in [5.74, 6) is -0.233. The van der Waals surface area contributed by atoms with Crippen LogP contribution in [0.15, 0.2) is 0 Å². The lowest BCUT2D eigenvalue weighted by atomic mass is 10.0. The van der Waals surface area contributed by atoms with E-state index in [0.717, 1.165) is 0 Å². The van der Waals surface area contributed by atoms with E-state index in [1.807, 2.05) is 0 Å². The summed E-state index contributed by atoms with van der Waals surface area (Å²) in [5.41, 5.74) is 5.22. The number of rotatable bonds is 7. The molecule has 72 valence electrons. The van der Waals surface area contributed by atoms with Crippen molar-refractivity contribution in [2.24, 2.45) is 11.7 Å². The molecule has 0 radical (unpaired) electrons. The van der Waals surface area contributed by atoms with E-state index in [1.165, 1.54) is 0 Å². The average Bonchev–Trinajstić information content (AvgIpc) is 2.10. The lowest BCUT2D eigenvalue weighted by molar-refractivity contribution is -0.120. The lowest BCUT2D eigenvalue weighted by Gasteiger charge is -2.08. The Morgan fingerprint density at radius 2 is 1.92 bits per heavy atom. The molecule has 0 amide bonds. The third-order valence-corrected chi connectivity index (χ3v) is 1.69. The highest BCUT2D eigenvalue weighted by Gasteiger charge is 2.10. The molecule has 0 saturated carbocycles. The van der Waals surface area contributed by atoms with Crippen LogP contribution in [0.5, 0.6) is 0 Å². The van der Waals surface area contributed by atoms with Crippen molar-refractivity contribution >= 4 is 5.78 Å². The first kappa shape index (κ1) is 11.6. The minimum absolute atomic E-state index is 0.0635. The van der Waals surface area contributed by atoms with Crippen LogP contribution in [-0.2, 0) is 4.79 Å². The van der Waals surface area contributed by atoms with Crippen LogP contribution in [-0.4, -0.2) is 35.8 Å². The second-order valence-electron chi connectivity index (χ2n) is 2.87. The molecule has 0 rings (SSSR count). The summed E-state index contributed by atoms with van der Waals surface area (Å²) >= 11 is 0. The molecule has 4 N–H and O–H groups in total. The topological polar surface area (TPSA) is 83.6 Å². The number of aliphatic hydroxyl groups is 2. The van der Waals surface area contributed by atoms with E-state index in [4.69, 9.17) is 15.9 Å². The predicted octanol–water partition coefficient (Wildman–Crippen LogP) is -0.715. The van der Waals surface area contributed by atoms with Crippen molar-refractivity contribution in [2.45, 2.75) is 19.3 Å². The molecule has 0 aliphatic heterocycles. The summed E-state index contributed by atoms with van der Waals surface area (Å²) in [7, 11) is 0. The standard InChI is InChI=1S/C8H17NO3/c9-3-1-2-8(12)4-7(5-10)6-11/h7,10-11H,1-6,9H2. The molecule has 0 saturated heterocycles. The van der Waals surface area contributed by atoms with Crippen molar-refractivity contribution in [1.29, 1.82) is 0 Å². The molecular formula is C8H17NO3. The molecular weight excluding hydrogens is 158 g/mol. The van der Waals surface area contributed by atoms with Crippen LogP contribution < -0.4 is 5.73 Å². The van der Waals surface area contributed by atoms with Crippen molar-refractivity contribution in [3.63, 3.8) is 0 Å². The summed E-state index contributed by atoms with van der Waals surface area (Å²) < 4.78 is 0. The molecule has 0 atom stereocenters. The molecule has 0 fully saturated rings. The molecule has 0 aromatic heterocycles. The SMILES string of the molecule is NCCCC(=O)CC(CO)CO. The zero-order chi connectivity index (χ0) is 9.40. The van der Waals surface area contributed by atoms with Gasteiger partial charge in [-0.2, -0.15) is 0 Å². The van der Waals surface area contributed by atoms with Crippen LogP contribution in [0.4, 0.5) is 0 Å². The van der Waals surface area contributed by atoms with Crippen LogP contribution in [0.3, 0.4) is 0 Å². The first-order chi connectivity index (χ1) is 5.74. The first-order valence-electron chi connectivity index (χ1n) is 4.18. The summed E-state index contributed by atoms with van der Waals surface area (Å²) in [6.07, 6.45) is 1.39. The largest absolute Gasteiger partial charge is 0.396 e. The van der Waals surface area contributed by atoms with Crippen LogP contribution in [0.1, 0.15) is 19.3 Å². The average molecular weight is 175 g/mol. The molecule has 4 nitrogen and oxygen atoms in total. The highest BCUT2D eigenvalue weighted by molar-refractivity contribution is 5.78. The van der Waals surface area contributed by atoms with E-state index in [-0.39, 0.29) is 31.3 Å². The Hall–Kier alpha value is -0.450. The number of carbonyl (C=O) groups is 1. The van der Waals surface area contributed by atoms with E-state index in [0.29, 0.717) is 19.4 Å². The van der Waals surface area contributed by atoms with Gasteiger partial charge in [0.25, 0.3) is 0 Å². The maximum atomic E-state index is 11.1. The van der Waals surface area contributed by atoms with Gasteiger partial charge in [0, 0.05) is 32.0 Å². The van der Waals surface area contributed by atoms with Gasteiger partial charge >= 0.3 is 0 Å². The van der Waals surface area contributed by atoms with Gasteiger partial charge in [-0.05, 0) is 13.0 Å². The zero-order valence-corrected chi connectivity index (χ0v) is 7.20. The minimum Gasteiger partial charge on any atom is -0.396 e. The molecule has 12 heavy (non-hydrogen) atoms. The molecule has 0 aromatic carbocycles. The first-order valence-corrected chi connectivity index (χ1v) is 4.18. The number of carbonyl (C=O) groups excluding carboxylic acids is 1. The molecule has 0 unspecified atom stereocenters. The predicted molar refractivity (Wildman–Crippen MR) is 45.6 cm³/mol. The van der Waals surface area contributed by atoms with E-state index in [9.17, 15) is 4.79 Å². The monoisotopic (exact) mass is 175 g/mol. The van der Waals surface area contributed by atoms with Crippen LogP contribution in [0.25, 0.3) is 0 Å². The number of nitrogens with two attached hydrogens (primary N) is 1. The Morgan fingerprint density at radius 1 is 1.33 bits per heavy atom. The highest BCUT2D eigenvalue weighted by atomic mass is 16.3. The van der Waals surface area contributed by atoms with Crippen LogP contribution >= 0.6 is 0 Å². The summed E-state index contributed by atoms with van der Waals surface area (Å²) in [6.45, 7) is 0.240. The van der Waals surface area contributed by atoms with Gasteiger partial charge in [0.15, 0.2) is 0 Å². The van der Waals surface area contributed by atoms with Crippen molar-refractivity contribution in [1.82, 2.24) is 0 Å². The van der Waals surface area contributed by atoms with E-state index in [1.54, 1.807) is 0 Å². The fourth-order valence-electron chi connectivity index (χ4n) is 0.910. The van der Waals surface area contributed by atoms with Crippen molar-refractivity contribution < 1.29 is 15.0 Å². The van der Waals surface area contributed by atoms with E-state index >= 15 is 0 Å². The number of Topliss-reactive ketones (excluding diaryl/α,β-unsaturated/α-hetero) is 1. The number of aliphatic hydroxyl groups excluding tert-OH is 2. The molecule has 0 aliphatic rings. The van der Waals surface area contributed by atoms with Crippen LogP contribution in [0.2, 0.25) is 0 Å². The highest BCUT2D eigenvalue weighted by Crippen LogP contribution is 2.04. The summed E-state index contributed by atoms with van der Waals surface area (Å²) in [4.78, 5) is 11.1. The number of ketones is 1. The normalized spacial score (nSPS) is 10.7. The third kappa shape index (κ3) is 5.23. The molecule has 0 bridgehead atoms. The van der Waals surface area contributed by atoms with Crippen molar-refractivity contribution in [3.05, 3.63) is 0 Å². The smallest absolute Gasteiger partial charge is 0.133 e. The zero-order valence-electron chi connectivity index (χ0n) is 7.20. The second-order valence-corrected chi connectivity index (χ2v) is 2.87. The Balaban J connectivity index is 3.52.